The Hall–Kier alpha value is -1.56. The summed E-state index contributed by atoms with van der Waals surface area (Å²) in [5.74, 6) is -0.0369. The monoisotopic (exact) mass is 347 g/mol. The summed E-state index contributed by atoms with van der Waals surface area (Å²) in [6, 6.07) is 4.97. The highest BCUT2D eigenvalue weighted by molar-refractivity contribution is 6.27. The number of halogens is 3. The molecular weight excluding hydrogens is 328 g/mol. The third kappa shape index (κ3) is 4.25. The molecule has 0 saturated heterocycles. The molecule has 1 N–H and O–H groups in total. The van der Waals surface area contributed by atoms with E-state index in [-0.39, 0.29) is 28.7 Å². The van der Waals surface area contributed by atoms with E-state index < -0.39 is 6.61 Å². The number of carbonyl (C=O) groups excluding carboxylic acids is 1. The Morgan fingerprint density at radius 3 is 2.61 bits per heavy atom. The van der Waals surface area contributed by atoms with Crippen molar-refractivity contribution in [2.24, 2.45) is 0 Å². The van der Waals surface area contributed by atoms with Crippen LogP contribution in [0.1, 0.15) is 31.2 Å². The van der Waals surface area contributed by atoms with Gasteiger partial charge in [0.2, 0.25) is 5.91 Å². The van der Waals surface area contributed by atoms with Crippen LogP contribution in [0.2, 0.25) is 0 Å². The van der Waals surface area contributed by atoms with Gasteiger partial charge in [-0.25, -0.2) is 0 Å². The minimum atomic E-state index is -2.90. The van der Waals surface area contributed by atoms with Crippen molar-refractivity contribution >= 4 is 17.5 Å². The van der Waals surface area contributed by atoms with E-state index in [1.165, 1.54) is 13.2 Å². The second-order valence-corrected chi connectivity index (χ2v) is 5.91. The number of methoxy groups -OCH3 is 1. The minimum absolute atomic E-state index is 0.00388. The Kier molecular flexibility index (Phi) is 6.04. The fraction of sp³-hybridized carbons (Fsp3) is 0.562. The molecule has 0 bridgehead atoms. The highest BCUT2D eigenvalue weighted by Gasteiger charge is 2.36. The molecule has 1 amide bonds. The van der Waals surface area contributed by atoms with E-state index in [0.717, 1.165) is 31.2 Å². The van der Waals surface area contributed by atoms with Gasteiger partial charge in [0.1, 0.15) is 5.88 Å². The molecule has 7 heteroatoms. The molecule has 128 valence electrons. The van der Waals surface area contributed by atoms with E-state index >= 15 is 0 Å². The first-order valence-corrected chi connectivity index (χ1v) is 8.00. The van der Waals surface area contributed by atoms with Crippen molar-refractivity contribution in [2.75, 3.05) is 19.5 Å². The molecule has 0 aromatic heterocycles. The molecule has 0 spiro atoms. The predicted molar refractivity (Wildman–Crippen MR) is 83.5 cm³/mol. The van der Waals surface area contributed by atoms with Crippen molar-refractivity contribution in [3.8, 4) is 11.5 Å². The number of alkyl halides is 3. The predicted octanol–water partition coefficient (Wildman–Crippen LogP) is 3.46. The van der Waals surface area contributed by atoms with Gasteiger partial charge in [-0.3, -0.25) is 4.79 Å². The first-order valence-electron chi connectivity index (χ1n) is 7.47. The van der Waals surface area contributed by atoms with Crippen molar-refractivity contribution in [3.63, 3.8) is 0 Å². The van der Waals surface area contributed by atoms with Crippen LogP contribution < -0.4 is 14.8 Å². The third-order valence-corrected chi connectivity index (χ3v) is 4.54. The van der Waals surface area contributed by atoms with Crippen LogP contribution in [0.25, 0.3) is 0 Å². The van der Waals surface area contributed by atoms with Crippen LogP contribution in [0.3, 0.4) is 0 Å². The number of rotatable bonds is 7. The number of carbonyl (C=O) groups is 1. The Labute approximate surface area is 139 Å². The molecule has 23 heavy (non-hydrogen) atoms. The average Bonchev–Trinajstić information content (AvgIpc) is 3.02. The zero-order chi connectivity index (χ0) is 16.9. The summed E-state index contributed by atoms with van der Waals surface area (Å²) < 4.78 is 34.5. The van der Waals surface area contributed by atoms with Gasteiger partial charge < -0.3 is 14.8 Å². The fourth-order valence-corrected chi connectivity index (χ4v) is 3.22. The summed E-state index contributed by atoms with van der Waals surface area (Å²) in [6.45, 7) is -2.44. The lowest BCUT2D eigenvalue weighted by atomic mass is 9.78. The second kappa shape index (κ2) is 7.81. The topological polar surface area (TPSA) is 47.6 Å². The maximum absolute atomic E-state index is 12.4. The summed E-state index contributed by atoms with van der Waals surface area (Å²) in [5, 5.41) is 2.83. The highest BCUT2D eigenvalue weighted by Crippen LogP contribution is 2.43. The SMILES string of the molecule is COc1cc(C2(CNC(=O)CCl)CCCC2)ccc1OC(F)F. The molecule has 0 atom stereocenters. The van der Waals surface area contributed by atoms with Gasteiger partial charge >= 0.3 is 6.61 Å². The molecule has 1 aromatic rings. The maximum Gasteiger partial charge on any atom is 0.387 e. The van der Waals surface area contributed by atoms with Crippen LogP contribution >= 0.6 is 11.6 Å². The highest BCUT2D eigenvalue weighted by atomic mass is 35.5. The molecule has 2 rings (SSSR count). The second-order valence-electron chi connectivity index (χ2n) is 5.64. The van der Waals surface area contributed by atoms with Gasteiger partial charge in [-0.2, -0.15) is 8.78 Å². The molecule has 0 radical (unpaired) electrons. The first-order chi connectivity index (χ1) is 11.0. The average molecular weight is 348 g/mol. The van der Waals surface area contributed by atoms with Gasteiger partial charge in [0, 0.05) is 12.0 Å². The van der Waals surface area contributed by atoms with Crippen LogP contribution in [0.15, 0.2) is 18.2 Å². The van der Waals surface area contributed by atoms with Crippen molar-refractivity contribution in [2.45, 2.75) is 37.7 Å². The number of benzene rings is 1. The van der Waals surface area contributed by atoms with Crippen molar-refractivity contribution in [3.05, 3.63) is 23.8 Å². The van der Waals surface area contributed by atoms with Crippen LogP contribution in [-0.4, -0.2) is 32.1 Å². The van der Waals surface area contributed by atoms with Gasteiger partial charge in [0.05, 0.1) is 7.11 Å². The number of hydrogen-bond acceptors (Lipinski definition) is 3. The van der Waals surface area contributed by atoms with Gasteiger partial charge in [-0.15, -0.1) is 11.6 Å². The lowest BCUT2D eigenvalue weighted by Gasteiger charge is -2.30. The van der Waals surface area contributed by atoms with Crippen molar-refractivity contribution < 1.29 is 23.0 Å². The molecule has 4 nitrogen and oxygen atoms in total. The van der Waals surface area contributed by atoms with E-state index in [2.05, 4.69) is 10.1 Å². The summed E-state index contributed by atoms with van der Waals surface area (Å²) in [7, 11) is 1.41. The Balaban J connectivity index is 2.27. The van der Waals surface area contributed by atoms with Crippen LogP contribution in [0, 0.1) is 0 Å². The van der Waals surface area contributed by atoms with Crippen molar-refractivity contribution in [1.82, 2.24) is 5.32 Å². The number of amides is 1. The van der Waals surface area contributed by atoms with E-state index in [1.54, 1.807) is 12.1 Å². The van der Waals surface area contributed by atoms with Crippen LogP contribution in [0.4, 0.5) is 8.78 Å². The molecule has 1 saturated carbocycles. The van der Waals surface area contributed by atoms with Gasteiger partial charge in [-0.1, -0.05) is 18.9 Å². The number of nitrogens with one attached hydrogen (secondary N) is 1. The molecule has 1 aliphatic rings. The normalized spacial score (nSPS) is 16.4. The van der Waals surface area contributed by atoms with E-state index in [9.17, 15) is 13.6 Å². The van der Waals surface area contributed by atoms with E-state index in [1.807, 2.05) is 0 Å². The molecule has 1 aliphatic carbocycles. The van der Waals surface area contributed by atoms with Crippen molar-refractivity contribution in [1.29, 1.82) is 0 Å². The quantitative estimate of drug-likeness (QED) is 0.768. The Bertz CT molecular complexity index is 548. The minimum Gasteiger partial charge on any atom is -0.493 e. The summed E-state index contributed by atoms with van der Waals surface area (Å²) >= 11 is 5.53. The fourth-order valence-electron chi connectivity index (χ4n) is 3.13. The molecule has 0 unspecified atom stereocenters. The number of ether oxygens (including phenoxy) is 2. The zero-order valence-corrected chi connectivity index (χ0v) is 13.7. The van der Waals surface area contributed by atoms with E-state index in [4.69, 9.17) is 16.3 Å². The zero-order valence-electron chi connectivity index (χ0n) is 12.9. The largest absolute Gasteiger partial charge is 0.493 e. The molecule has 0 aliphatic heterocycles. The summed E-state index contributed by atoms with van der Waals surface area (Å²) in [6.07, 6.45) is 3.92. The lowest BCUT2D eigenvalue weighted by molar-refractivity contribution is -0.118. The smallest absolute Gasteiger partial charge is 0.387 e. The summed E-state index contributed by atoms with van der Waals surface area (Å²) in [4.78, 5) is 11.5. The Morgan fingerprint density at radius 2 is 2.04 bits per heavy atom. The standard InChI is InChI=1S/C16H20ClF2NO3/c1-22-13-8-11(4-5-12(13)23-15(18)19)16(6-2-3-7-16)10-20-14(21)9-17/h4-5,8,15H,2-3,6-7,9-10H2,1H3,(H,20,21). The maximum atomic E-state index is 12.4. The molecule has 1 fully saturated rings. The van der Waals surface area contributed by atoms with Gasteiger partial charge in [-0.05, 0) is 30.5 Å². The summed E-state index contributed by atoms with van der Waals surface area (Å²) in [5.41, 5.74) is 0.724. The van der Waals surface area contributed by atoms with E-state index in [0.29, 0.717) is 6.54 Å². The number of hydrogen-bond donors (Lipinski definition) is 1. The first kappa shape index (κ1) is 17.8. The van der Waals surface area contributed by atoms with Gasteiger partial charge in [0.15, 0.2) is 11.5 Å². The van der Waals surface area contributed by atoms with Crippen LogP contribution in [0.5, 0.6) is 11.5 Å². The molecular formula is C16H20ClF2NO3. The Morgan fingerprint density at radius 1 is 1.35 bits per heavy atom. The third-order valence-electron chi connectivity index (χ3n) is 4.30. The lowest BCUT2D eigenvalue weighted by Crippen LogP contribution is -2.39. The molecule has 0 heterocycles. The van der Waals surface area contributed by atoms with Crippen LogP contribution in [-0.2, 0) is 10.2 Å². The molecule has 1 aromatic carbocycles. The van der Waals surface area contributed by atoms with Gasteiger partial charge in [0.25, 0.3) is 0 Å².